The highest BCUT2D eigenvalue weighted by Crippen LogP contribution is 2.21. The summed E-state index contributed by atoms with van der Waals surface area (Å²) < 4.78 is 13.5. The van der Waals surface area contributed by atoms with Crippen molar-refractivity contribution >= 4 is 5.69 Å². The van der Waals surface area contributed by atoms with Crippen molar-refractivity contribution in [2.24, 2.45) is 0 Å². The molecule has 2 rings (SSSR count). The fraction of sp³-hybridized carbons (Fsp3) is 0.455. The fourth-order valence-corrected chi connectivity index (χ4v) is 1.88. The highest BCUT2D eigenvalue weighted by molar-refractivity contribution is 5.49. The molecule has 0 amide bonds. The first-order valence-corrected chi connectivity index (χ1v) is 5.01. The first-order chi connectivity index (χ1) is 6.79. The molecule has 0 aliphatic carbocycles. The van der Waals surface area contributed by atoms with Crippen LogP contribution < -0.4 is 10.2 Å². The summed E-state index contributed by atoms with van der Waals surface area (Å²) in [6.07, 6.45) is 0. The smallest absolute Gasteiger partial charge is 0.146 e. The Morgan fingerprint density at radius 3 is 2.93 bits per heavy atom. The van der Waals surface area contributed by atoms with Gasteiger partial charge in [-0.25, -0.2) is 4.39 Å². The van der Waals surface area contributed by atoms with E-state index in [-0.39, 0.29) is 5.82 Å². The molecule has 0 saturated carbocycles. The second-order valence-corrected chi connectivity index (χ2v) is 3.70. The lowest BCUT2D eigenvalue weighted by Crippen LogP contribution is -2.50. The molecule has 0 bridgehead atoms. The van der Waals surface area contributed by atoms with E-state index in [4.69, 9.17) is 0 Å². The van der Waals surface area contributed by atoms with Gasteiger partial charge in [-0.2, -0.15) is 0 Å². The Kier molecular flexibility index (Phi) is 2.68. The molecule has 1 aliphatic heterocycles. The molecule has 14 heavy (non-hydrogen) atoms. The first-order valence-electron chi connectivity index (χ1n) is 5.01. The lowest BCUT2D eigenvalue weighted by molar-refractivity contribution is 0.491. The van der Waals surface area contributed by atoms with Gasteiger partial charge >= 0.3 is 0 Å². The highest BCUT2D eigenvalue weighted by atomic mass is 19.1. The van der Waals surface area contributed by atoms with Crippen LogP contribution in [-0.4, -0.2) is 25.7 Å². The zero-order valence-corrected chi connectivity index (χ0v) is 8.33. The van der Waals surface area contributed by atoms with E-state index in [0.717, 1.165) is 25.3 Å². The van der Waals surface area contributed by atoms with Gasteiger partial charge in [0.2, 0.25) is 0 Å². The van der Waals surface area contributed by atoms with Crippen LogP contribution in [0.5, 0.6) is 0 Å². The lowest BCUT2D eigenvalue weighted by atomic mass is 10.2. The van der Waals surface area contributed by atoms with Gasteiger partial charge in [-0.3, -0.25) is 0 Å². The standard InChI is InChI=1S/C11H15FN2/c1-9-8-13-6-7-14(9)11-5-3-2-4-10(11)12/h2-5,9,13H,6-8H2,1H3/t9-/m0/s1. The van der Waals surface area contributed by atoms with Crippen LogP contribution in [0.25, 0.3) is 0 Å². The molecule has 3 heteroatoms. The number of nitrogens with zero attached hydrogens (tertiary/aromatic N) is 1. The molecule has 1 aromatic rings. The predicted molar refractivity (Wildman–Crippen MR) is 56.1 cm³/mol. The quantitative estimate of drug-likeness (QED) is 0.731. The predicted octanol–water partition coefficient (Wildman–Crippen LogP) is 1.62. The molecule has 1 fully saturated rings. The average molecular weight is 194 g/mol. The molecule has 1 aromatic carbocycles. The number of nitrogens with one attached hydrogen (secondary N) is 1. The second kappa shape index (κ2) is 3.96. The van der Waals surface area contributed by atoms with Crippen LogP contribution >= 0.6 is 0 Å². The molecule has 2 nitrogen and oxygen atoms in total. The van der Waals surface area contributed by atoms with Gasteiger partial charge in [0, 0.05) is 25.7 Å². The minimum absolute atomic E-state index is 0.124. The largest absolute Gasteiger partial charge is 0.364 e. The molecule has 1 saturated heterocycles. The van der Waals surface area contributed by atoms with Gasteiger partial charge < -0.3 is 10.2 Å². The van der Waals surface area contributed by atoms with Gasteiger partial charge in [-0.1, -0.05) is 12.1 Å². The van der Waals surface area contributed by atoms with Crippen LogP contribution in [0.15, 0.2) is 24.3 Å². The van der Waals surface area contributed by atoms with Crippen molar-refractivity contribution in [3.63, 3.8) is 0 Å². The second-order valence-electron chi connectivity index (χ2n) is 3.70. The van der Waals surface area contributed by atoms with E-state index in [2.05, 4.69) is 17.1 Å². The van der Waals surface area contributed by atoms with Crippen LogP contribution in [0.3, 0.4) is 0 Å². The van der Waals surface area contributed by atoms with Crippen molar-refractivity contribution in [2.45, 2.75) is 13.0 Å². The molecular weight excluding hydrogens is 179 g/mol. The van der Waals surface area contributed by atoms with E-state index in [0.29, 0.717) is 6.04 Å². The molecule has 0 unspecified atom stereocenters. The van der Waals surface area contributed by atoms with E-state index in [1.165, 1.54) is 6.07 Å². The normalized spacial score (nSPS) is 22.4. The zero-order valence-electron chi connectivity index (χ0n) is 8.33. The Balaban J connectivity index is 2.25. The maximum absolute atomic E-state index is 13.5. The summed E-state index contributed by atoms with van der Waals surface area (Å²) in [6, 6.07) is 7.33. The molecule has 1 N–H and O–H groups in total. The maximum atomic E-state index is 13.5. The van der Waals surface area contributed by atoms with Gasteiger partial charge in [-0.15, -0.1) is 0 Å². The summed E-state index contributed by atoms with van der Waals surface area (Å²) in [5.74, 6) is -0.124. The van der Waals surface area contributed by atoms with Gasteiger partial charge in [0.05, 0.1) is 5.69 Å². The minimum Gasteiger partial charge on any atom is -0.364 e. The summed E-state index contributed by atoms with van der Waals surface area (Å²) in [7, 11) is 0. The van der Waals surface area contributed by atoms with E-state index in [1.54, 1.807) is 6.07 Å². The number of para-hydroxylation sites is 1. The van der Waals surface area contributed by atoms with Crippen molar-refractivity contribution in [3.8, 4) is 0 Å². The number of rotatable bonds is 1. The summed E-state index contributed by atoms with van der Waals surface area (Å²) in [5, 5.41) is 3.29. The Hall–Kier alpha value is -1.09. The van der Waals surface area contributed by atoms with Crippen molar-refractivity contribution in [2.75, 3.05) is 24.5 Å². The Morgan fingerprint density at radius 2 is 2.21 bits per heavy atom. The SMILES string of the molecule is C[C@H]1CNCCN1c1ccccc1F. The number of halogens is 1. The van der Waals surface area contributed by atoms with Crippen molar-refractivity contribution in [3.05, 3.63) is 30.1 Å². The summed E-state index contributed by atoms with van der Waals surface area (Å²) >= 11 is 0. The fourth-order valence-electron chi connectivity index (χ4n) is 1.88. The van der Waals surface area contributed by atoms with Gasteiger partial charge in [-0.05, 0) is 19.1 Å². The lowest BCUT2D eigenvalue weighted by Gasteiger charge is -2.35. The molecule has 0 radical (unpaired) electrons. The number of piperazine rings is 1. The third kappa shape index (κ3) is 1.73. The molecule has 0 aromatic heterocycles. The molecule has 0 spiro atoms. The van der Waals surface area contributed by atoms with E-state index < -0.39 is 0 Å². The third-order valence-electron chi connectivity index (χ3n) is 2.66. The van der Waals surface area contributed by atoms with Crippen LogP contribution in [0.4, 0.5) is 10.1 Å². The maximum Gasteiger partial charge on any atom is 0.146 e. The van der Waals surface area contributed by atoms with Crippen molar-refractivity contribution in [1.82, 2.24) is 5.32 Å². The molecule has 1 atom stereocenters. The van der Waals surface area contributed by atoms with Crippen LogP contribution in [0.1, 0.15) is 6.92 Å². The molecule has 1 heterocycles. The van der Waals surface area contributed by atoms with Crippen LogP contribution in [0.2, 0.25) is 0 Å². The minimum atomic E-state index is -0.124. The topological polar surface area (TPSA) is 15.3 Å². The Bertz CT molecular complexity index is 314. The summed E-state index contributed by atoms with van der Waals surface area (Å²) in [5.41, 5.74) is 0.724. The van der Waals surface area contributed by atoms with E-state index >= 15 is 0 Å². The highest BCUT2D eigenvalue weighted by Gasteiger charge is 2.20. The van der Waals surface area contributed by atoms with Crippen LogP contribution in [0, 0.1) is 5.82 Å². The summed E-state index contributed by atoms with van der Waals surface area (Å²) in [6.45, 7) is 4.84. The van der Waals surface area contributed by atoms with E-state index in [9.17, 15) is 4.39 Å². The van der Waals surface area contributed by atoms with Crippen molar-refractivity contribution < 1.29 is 4.39 Å². The van der Waals surface area contributed by atoms with Crippen LogP contribution in [-0.2, 0) is 0 Å². The van der Waals surface area contributed by atoms with Gasteiger partial charge in [0.15, 0.2) is 0 Å². The van der Waals surface area contributed by atoms with Crippen molar-refractivity contribution in [1.29, 1.82) is 0 Å². The number of anilines is 1. The summed E-state index contributed by atoms with van der Waals surface area (Å²) in [4.78, 5) is 2.12. The third-order valence-corrected chi connectivity index (χ3v) is 2.66. The first kappa shape index (κ1) is 9.46. The monoisotopic (exact) mass is 194 g/mol. The Morgan fingerprint density at radius 1 is 1.43 bits per heavy atom. The number of benzene rings is 1. The molecule has 76 valence electrons. The number of hydrogen-bond acceptors (Lipinski definition) is 2. The molecule has 1 aliphatic rings. The Labute approximate surface area is 83.7 Å². The number of hydrogen-bond donors (Lipinski definition) is 1. The van der Waals surface area contributed by atoms with Gasteiger partial charge in [0.25, 0.3) is 0 Å². The zero-order chi connectivity index (χ0) is 9.97. The molecular formula is C11H15FN2. The van der Waals surface area contributed by atoms with E-state index in [1.807, 2.05) is 12.1 Å². The van der Waals surface area contributed by atoms with Gasteiger partial charge in [0.1, 0.15) is 5.82 Å². The average Bonchev–Trinajstić information content (AvgIpc) is 2.20.